The zero-order chi connectivity index (χ0) is 27.3. The van der Waals surface area contributed by atoms with Crippen molar-refractivity contribution in [2.75, 3.05) is 31.7 Å². The zero-order valence-corrected chi connectivity index (χ0v) is 22.2. The van der Waals surface area contributed by atoms with Crippen LogP contribution >= 0.6 is 0 Å². The first-order valence-electron chi connectivity index (χ1n) is 13.7. The van der Waals surface area contributed by atoms with Gasteiger partial charge in [0.05, 0.1) is 30.0 Å². The normalized spacial score (nSPS) is 17.1. The highest BCUT2D eigenvalue weighted by molar-refractivity contribution is 6.26. The molecule has 2 N–H and O–H groups in total. The van der Waals surface area contributed by atoms with E-state index in [0.29, 0.717) is 26.2 Å². The highest BCUT2D eigenvalue weighted by Gasteiger charge is 2.45. The molecular formula is C28H39N3O7. The van der Waals surface area contributed by atoms with Crippen LogP contribution in [0.5, 0.6) is 0 Å². The number of hydrogen-bond donors (Lipinski definition) is 2. The van der Waals surface area contributed by atoms with Gasteiger partial charge in [-0.05, 0) is 37.8 Å². The molecule has 1 atom stereocenters. The summed E-state index contributed by atoms with van der Waals surface area (Å²) in [6, 6.07) is 3.60. The molecule has 0 radical (unpaired) electrons. The number of unbranched alkanes of at least 4 members (excludes halogenated alkanes) is 6. The third-order valence-corrected chi connectivity index (χ3v) is 6.70. The smallest absolute Gasteiger partial charge is 0.264 e. The molecule has 1 unspecified atom stereocenters. The summed E-state index contributed by atoms with van der Waals surface area (Å²) in [5.41, 5.74) is 0.455. The van der Waals surface area contributed by atoms with Gasteiger partial charge in [0.25, 0.3) is 11.8 Å². The number of anilines is 1. The molecule has 2 aliphatic rings. The Morgan fingerprint density at radius 2 is 1.61 bits per heavy atom. The summed E-state index contributed by atoms with van der Waals surface area (Å²) in [5.74, 6) is -2.61. The molecule has 0 spiro atoms. The van der Waals surface area contributed by atoms with Crippen LogP contribution in [0.25, 0.3) is 0 Å². The summed E-state index contributed by atoms with van der Waals surface area (Å²) in [4.78, 5) is 63.1. The average Bonchev–Trinajstić information content (AvgIpc) is 3.15. The van der Waals surface area contributed by atoms with Crippen molar-refractivity contribution in [1.29, 1.82) is 0 Å². The minimum absolute atomic E-state index is 0.0470. The van der Waals surface area contributed by atoms with Gasteiger partial charge in [-0.3, -0.25) is 34.2 Å². The van der Waals surface area contributed by atoms with Crippen molar-refractivity contribution >= 4 is 35.2 Å². The van der Waals surface area contributed by atoms with Crippen LogP contribution in [0.1, 0.15) is 98.3 Å². The maximum Gasteiger partial charge on any atom is 0.264 e. The third-order valence-electron chi connectivity index (χ3n) is 6.70. The average molecular weight is 530 g/mol. The molecule has 0 saturated carbocycles. The van der Waals surface area contributed by atoms with E-state index in [-0.39, 0.29) is 42.0 Å². The summed E-state index contributed by atoms with van der Waals surface area (Å²) >= 11 is 0. The van der Waals surface area contributed by atoms with Gasteiger partial charge < -0.3 is 14.8 Å². The van der Waals surface area contributed by atoms with Gasteiger partial charge in [-0.25, -0.2) is 0 Å². The standard InChI is InChI=1S/C28H39N3O7/c1-2-3-4-5-8-16-37-18-19-38-17-9-6-7-13-23(32)29-21-12-10-11-20-25(21)28(36)31(27(20)35)22-14-15-24(33)30-26(22)34/h10-12,22H,2-9,13-19H2,1H3,(H,29,32)(H,30,33,34). The number of rotatable bonds is 17. The Hall–Kier alpha value is -3.11. The molecule has 0 aromatic heterocycles. The molecule has 1 aromatic carbocycles. The monoisotopic (exact) mass is 529 g/mol. The van der Waals surface area contributed by atoms with Crippen molar-refractivity contribution in [3.8, 4) is 0 Å². The first-order valence-corrected chi connectivity index (χ1v) is 13.7. The van der Waals surface area contributed by atoms with Crippen LogP contribution < -0.4 is 10.6 Å². The maximum absolute atomic E-state index is 13.1. The van der Waals surface area contributed by atoms with E-state index in [0.717, 1.165) is 30.8 Å². The molecule has 3 rings (SSSR count). The lowest BCUT2D eigenvalue weighted by Crippen LogP contribution is -2.54. The molecule has 208 valence electrons. The molecule has 1 fully saturated rings. The van der Waals surface area contributed by atoms with Gasteiger partial charge in [0.1, 0.15) is 6.04 Å². The zero-order valence-electron chi connectivity index (χ0n) is 22.2. The van der Waals surface area contributed by atoms with Crippen molar-refractivity contribution in [2.24, 2.45) is 0 Å². The van der Waals surface area contributed by atoms with Gasteiger partial charge in [0.2, 0.25) is 17.7 Å². The predicted molar refractivity (Wildman–Crippen MR) is 141 cm³/mol. The summed E-state index contributed by atoms with van der Waals surface area (Å²) < 4.78 is 11.1. The van der Waals surface area contributed by atoms with Crippen LogP contribution in [0.15, 0.2) is 18.2 Å². The minimum atomic E-state index is -1.05. The molecule has 38 heavy (non-hydrogen) atoms. The predicted octanol–water partition coefficient (Wildman–Crippen LogP) is 3.59. The van der Waals surface area contributed by atoms with Gasteiger partial charge >= 0.3 is 0 Å². The van der Waals surface area contributed by atoms with Crippen LogP contribution in [0.2, 0.25) is 0 Å². The lowest BCUT2D eigenvalue weighted by Gasteiger charge is -2.27. The Balaban J connectivity index is 1.34. The Labute approximate surface area is 223 Å². The van der Waals surface area contributed by atoms with Gasteiger partial charge in [-0.15, -0.1) is 0 Å². The second-order valence-corrected chi connectivity index (χ2v) is 9.67. The topological polar surface area (TPSA) is 131 Å². The number of imide groups is 2. The van der Waals surface area contributed by atoms with Crippen molar-refractivity contribution in [3.63, 3.8) is 0 Å². The maximum atomic E-state index is 13.1. The van der Waals surface area contributed by atoms with E-state index >= 15 is 0 Å². The van der Waals surface area contributed by atoms with Gasteiger partial charge in [-0.1, -0.05) is 45.1 Å². The fourth-order valence-electron chi connectivity index (χ4n) is 4.63. The third kappa shape index (κ3) is 8.19. The Bertz CT molecular complexity index is 1010. The molecule has 5 amide bonds. The van der Waals surface area contributed by atoms with E-state index in [1.165, 1.54) is 31.7 Å². The van der Waals surface area contributed by atoms with Crippen molar-refractivity contribution in [3.05, 3.63) is 29.3 Å². The Morgan fingerprint density at radius 3 is 2.29 bits per heavy atom. The van der Waals surface area contributed by atoms with E-state index in [1.807, 2.05) is 0 Å². The number of benzene rings is 1. The summed E-state index contributed by atoms with van der Waals surface area (Å²) in [7, 11) is 0. The SMILES string of the molecule is CCCCCCCOCCOCCCCCC(=O)Nc1cccc2c1C(=O)N(C1CCC(=O)NC1=O)C2=O. The summed E-state index contributed by atoms with van der Waals surface area (Å²) in [6.07, 6.45) is 8.80. The van der Waals surface area contributed by atoms with Crippen LogP contribution in [-0.4, -0.2) is 66.9 Å². The Morgan fingerprint density at radius 1 is 0.921 bits per heavy atom. The van der Waals surface area contributed by atoms with E-state index in [2.05, 4.69) is 17.6 Å². The lowest BCUT2D eigenvalue weighted by atomic mass is 10.0. The fraction of sp³-hybridized carbons (Fsp3) is 0.607. The number of carbonyl (C=O) groups excluding carboxylic acids is 5. The molecule has 2 heterocycles. The highest BCUT2D eigenvalue weighted by atomic mass is 16.5. The van der Waals surface area contributed by atoms with Gasteiger partial charge in [0, 0.05) is 26.1 Å². The van der Waals surface area contributed by atoms with E-state index in [4.69, 9.17) is 9.47 Å². The summed E-state index contributed by atoms with van der Waals surface area (Å²) in [5, 5.41) is 4.91. The van der Waals surface area contributed by atoms with E-state index < -0.39 is 29.7 Å². The molecule has 1 aromatic rings. The van der Waals surface area contributed by atoms with Crippen LogP contribution in [0, 0.1) is 0 Å². The number of amides is 5. The number of carbonyl (C=O) groups is 5. The minimum Gasteiger partial charge on any atom is -0.379 e. The molecular weight excluding hydrogens is 490 g/mol. The number of fused-ring (bicyclic) bond motifs is 1. The largest absolute Gasteiger partial charge is 0.379 e. The molecule has 10 heteroatoms. The number of nitrogens with one attached hydrogen (secondary N) is 2. The second-order valence-electron chi connectivity index (χ2n) is 9.67. The second kappa shape index (κ2) is 15.3. The number of hydrogen-bond acceptors (Lipinski definition) is 7. The van der Waals surface area contributed by atoms with E-state index in [9.17, 15) is 24.0 Å². The molecule has 2 aliphatic heterocycles. The highest BCUT2D eigenvalue weighted by Crippen LogP contribution is 2.32. The van der Waals surface area contributed by atoms with Crippen molar-refractivity contribution < 1.29 is 33.4 Å². The quantitative estimate of drug-likeness (QED) is 0.233. The van der Waals surface area contributed by atoms with E-state index in [1.54, 1.807) is 12.1 Å². The first-order chi connectivity index (χ1) is 18.4. The molecule has 0 aliphatic carbocycles. The molecule has 10 nitrogen and oxygen atoms in total. The van der Waals surface area contributed by atoms with Crippen LogP contribution in [0.3, 0.4) is 0 Å². The van der Waals surface area contributed by atoms with Crippen LogP contribution in [-0.2, 0) is 23.9 Å². The number of nitrogens with zero attached hydrogens (tertiary/aromatic N) is 1. The molecule has 1 saturated heterocycles. The lowest BCUT2D eigenvalue weighted by molar-refractivity contribution is -0.136. The fourth-order valence-corrected chi connectivity index (χ4v) is 4.63. The van der Waals surface area contributed by atoms with Crippen LogP contribution in [0.4, 0.5) is 5.69 Å². The van der Waals surface area contributed by atoms with Gasteiger partial charge in [0.15, 0.2) is 0 Å². The van der Waals surface area contributed by atoms with Crippen molar-refractivity contribution in [1.82, 2.24) is 10.2 Å². The number of piperidine rings is 1. The summed E-state index contributed by atoms with van der Waals surface area (Å²) in [6.45, 7) is 4.76. The van der Waals surface area contributed by atoms with Crippen molar-refractivity contribution in [2.45, 2.75) is 83.6 Å². The first kappa shape index (κ1) is 29.4. The Kier molecular flexibility index (Phi) is 11.9. The van der Waals surface area contributed by atoms with Gasteiger partial charge in [-0.2, -0.15) is 0 Å². The number of ether oxygens (including phenoxy) is 2. The molecule has 0 bridgehead atoms.